The molecule has 0 aliphatic heterocycles. The smallest absolute Gasteiger partial charge is 0.182 e. The summed E-state index contributed by atoms with van der Waals surface area (Å²) >= 11 is 0. The molecule has 0 bridgehead atoms. The molecule has 1 aromatic heterocycles. The van der Waals surface area contributed by atoms with E-state index >= 15 is 0 Å². The Hall–Kier alpha value is -1.58. The summed E-state index contributed by atoms with van der Waals surface area (Å²) in [5, 5.41) is 0. The molecular formula is C13H17NO3. The fourth-order valence-electron chi connectivity index (χ4n) is 2.33. The minimum absolute atomic E-state index is 0.100. The van der Waals surface area contributed by atoms with Crippen LogP contribution in [0, 0.1) is 5.92 Å². The van der Waals surface area contributed by atoms with E-state index in [1.165, 1.54) is 0 Å². The molecule has 0 aromatic carbocycles. The molecule has 2 rings (SSSR count). The highest BCUT2D eigenvalue weighted by Crippen LogP contribution is 2.33. The van der Waals surface area contributed by atoms with Gasteiger partial charge in [0.25, 0.3) is 0 Å². The van der Waals surface area contributed by atoms with Crippen LogP contribution < -0.4 is 9.47 Å². The molecule has 1 saturated carbocycles. The molecule has 0 saturated heterocycles. The largest absolute Gasteiger partial charge is 0.493 e. The lowest BCUT2D eigenvalue weighted by atomic mass is 10.00. The highest BCUT2D eigenvalue weighted by atomic mass is 16.5. The molecule has 0 radical (unpaired) electrons. The van der Waals surface area contributed by atoms with Gasteiger partial charge in [0.15, 0.2) is 11.5 Å². The normalized spacial score (nSPS) is 19.4. The van der Waals surface area contributed by atoms with Gasteiger partial charge in [-0.15, -0.1) is 0 Å². The monoisotopic (exact) mass is 235 g/mol. The summed E-state index contributed by atoms with van der Waals surface area (Å²) in [5.41, 5.74) is 0.812. The summed E-state index contributed by atoms with van der Waals surface area (Å²) in [6.45, 7) is 0. The molecule has 1 unspecified atom stereocenters. The van der Waals surface area contributed by atoms with E-state index in [0.717, 1.165) is 18.5 Å². The van der Waals surface area contributed by atoms with Crippen molar-refractivity contribution in [2.24, 2.45) is 5.92 Å². The predicted octanol–water partition coefficient (Wildman–Crippen LogP) is 2.01. The lowest BCUT2D eigenvalue weighted by molar-refractivity contribution is -0.120. The molecule has 0 N–H and O–H groups in total. The summed E-state index contributed by atoms with van der Waals surface area (Å²) in [6.07, 6.45) is 5.00. The molecule has 1 fully saturated rings. The zero-order chi connectivity index (χ0) is 12.3. The van der Waals surface area contributed by atoms with Crippen molar-refractivity contribution in [1.29, 1.82) is 0 Å². The van der Waals surface area contributed by atoms with Gasteiger partial charge in [0, 0.05) is 31.0 Å². The second kappa shape index (κ2) is 5.17. The van der Waals surface area contributed by atoms with Crippen molar-refractivity contribution < 1.29 is 14.3 Å². The van der Waals surface area contributed by atoms with Gasteiger partial charge in [-0.2, -0.15) is 0 Å². The van der Waals surface area contributed by atoms with Gasteiger partial charge >= 0.3 is 0 Å². The van der Waals surface area contributed by atoms with E-state index < -0.39 is 0 Å². The Bertz CT molecular complexity index is 417. The molecular weight excluding hydrogens is 218 g/mol. The third kappa shape index (κ3) is 2.40. The molecule has 0 amide bonds. The highest BCUT2D eigenvalue weighted by Gasteiger charge is 2.26. The molecule has 1 atom stereocenters. The Kier molecular flexibility index (Phi) is 3.61. The van der Waals surface area contributed by atoms with Crippen molar-refractivity contribution >= 4 is 5.78 Å². The number of nitrogens with zero attached hydrogens (tertiary/aromatic N) is 1. The van der Waals surface area contributed by atoms with Crippen LogP contribution in [0.1, 0.15) is 25.0 Å². The van der Waals surface area contributed by atoms with Crippen LogP contribution in [0.25, 0.3) is 0 Å². The number of hydrogen-bond acceptors (Lipinski definition) is 4. The van der Waals surface area contributed by atoms with Crippen molar-refractivity contribution in [3.05, 3.63) is 18.0 Å². The number of Topliss-reactive ketones (excluding diaryl/α,β-unsaturated/α-hetero) is 1. The van der Waals surface area contributed by atoms with E-state index in [-0.39, 0.29) is 5.92 Å². The fraction of sp³-hybridized carbons (Fsp3) is 0.538. The first-order chi connectivity index (χ1) is 8.26. The molecule has 1 heterocycles. The van der Waals surface area contributed by atoms with Gasteiger partial charge in [-0.05, 0) is 12.8 Å². The predicted molar refractivity (Wildman–Crippen MR) is 63.4 cm³/mol. The zero-order valence-corrected chi connectivity index (χ0v) is 10.2. The van der Waals surface area contributed by atoms with Gasteiger partial charge in [0.05, 0.1) is 19.9 Å². The van der Waals surface area contributed by atoms with Crippen LogP contribution in [0.4, 0.5) is 0 Å². The van der Waals surface area contributed by atoms with Crippen LogP contribution in [-0.2, 0) is 11.2 Å². The Labute approximate surface area is 101 Å². The minimum Gasteiger partial charge on any atom is -0.493 e. The van der Waals surface area contributed by atoms with E-state index in [9.17, 15) is 4.79 Å². The lowest BCUT2D eigenvalue weighted by Crippen LogP contribution is -2.11. The fourth-order valence-corrected chi connectivity index (χ4v) is 2.33. The maximum absolute atomic E-state index is 11.6. The molecule has 1 aromatic rings. The number of carbonyl (C=O) groups excluding carboxylic acids is 1. The quantitative estimate of drug-likeness (QED) is 0.801. The maximum atomic E-state index is 11.6. The molecule has 17 heavy (non-hydrogen) atoms. The van der Waals surface area contributed by atoms with E-state index in [4.69, 9.17) is 9.47 Å². The van der Waals surface area contributed by atoms with Gasteiger partial charge in [-0.1, -0.05) is 0 Å². The highest BCUT2D eigenvalue weighted by molar-refractivity contribution is 5.83. The summed E-state index contributed by atoms with van der Waals surface area (Å²) < 4.78 is 10.5. The molecule has 4 heteroatoms. The van der Waals surface area contributed by atoms with Gasteiger partial charge in [-0.3, -0.25) is 9.78 Å². The second-order valence-corrected chi connectivity index (χ2v) is 4.25. The van der Waals surface area contributed by atoms with Crippen molar-refractivity contribution in [1.82, 2.24) is 4.98 Å². The minimum atomic E-state index is 0.100. The van der Waals surface area contributed by atoms with Crippen molar-refractivity contribution in [2.75, 3.05) is 14.2 Å². The standard InChI is InChI=1S/C13H17NO3/c1-16-12-6-7-14-10(13(12)17-2)8-9-4-3-5-11(9)15/h6-7,9H,3-5,8H2,1-2H3. The Morgan fingerprint density at radius 1 is 1.41 bits per heavy atom. The third-order valence-corrected chi connectivity index (χ3v) is 3.24. The number of carbonyl (C=O) groups is 1. The number of methoxy groups -OCH3 is 2. The van der Waals surface area contributed by atoms with Crippen molar-refractivity contribution in [3.8, 4) is 11.5 Å². The first-order valence-corrected chi connectivity index (χ1v) is 5.84. The number of ketones is 1. The van der Waals surface area contributed by atoms with Crippen molar-refractivity contribution in [3.63, 3.8) is 0 Å². The summed E-state index contributed by atoms with van der Waals surface area (Å²) in [4.78, 5) is 15.9. The molecule has 0 spiro atoms. The van der Waals surface area contributed by atoms with Gasteiger partial charge < -0.3 is 9.47 Å². The average molecular weight is 235 g/mol. The van der Waals surface area contributed by atoms with E-state index in [1.54, 1.807) is 26.5 Å². The van der Waals surface area contributed by atoms with Gasteiger partial charge in [0.1, 0.15) is 5.78 Å². The lowest BCUT2D eigenvalue weighted by Gasteiger charge is -2.13. The number of pyridine rings is 1. The van der Waals surface area contributed by atoms with Crippen LogP contribution in [-0.4, -0.2) is 25.0 Å². The molecule has 4 nitrogen and oxygen atoms in total. The maximum Gasteiger partial charge on any atom is 0.182 e. The number of hydrogen-bond donors (Lipinski definition) is 0. The van der Waals surface area contributed by atoms with Crippen LogP contribution in [0.2, 0.25) is 0 Å². The molecule has 1 aliphatic carbocycles. The Balaban J connectivity index is 2.22. The summed E-state index contributed by atoms with van der Waals surface area (Å²) in [5.74, 6) is 1.76. The average Bonchev–Trinajstić information content (AvgIpc) is 2.74. The van der Waals surface area contributed by atoms with Crippen LogP contribution in [0.3, 0.4) is 0 Å². The van der Waals surface area contributed by atoms with Crippen LogP contribution in [0.5, 0.6) is 11.5 Å². The number of aromatic nitrogens is 1. The van der Waals surface area contributed by atoms with E-state index in [2.05, 4.69) is 4.98 Å². The number of ether oxygens (including phenoxy) is 2. The summed E-state index contributed by atoms with van der Waals surface area (Å²) in [7, 11) is 3.20. The Morgan fingerprint density at radius 3 is 2.82 bits per heavy atom. The first-order valence-electron chi connectivity index (χ1n) is 5.84. The molecule has 92 valence electrons. The molecule has 1 aliphatic rings. The second-order valence-electron chi connectivity index (χ2n) is 4.25. The van der Waals surface area contributed by atoms with Crippen LogP contribution in [0.15, 0.2) is 12.3 Å². The Morgan fingerprint density at radius 2 is 2.24 bits per heavy atom. The SMILES string of the molecule is COc1ccnc(CC2CCCC2=O)c1OC. The van der Waals surface area contributed by atoms with Crippen LogP contribution >= 0.6 is 0 Å². The van der Waals surface area contributed by atoms with E-state index in [1.807, 2.05) is 0 Å². The van der Waals surface area contributed by atoms with E-state index in [0.29, 0.717) is 30.1 Å². The summed E-state index contributed by atoms with van der Waals surface area (Å²) in [6, 6.07) is 1.76. The zero-order valence-electron chi connectivity index (χ0n) is 10.2. The topological polar surface area (TPSA) is 48.4 Å². The third-order valence-electron chi connectivity index (χ3n) is 3.24. The number of rotatable bonds is 4. The van der Waals surface area contributed by atoms with Gasteiger partial charge in [0.2, 0.25) is 0 Å². The van der Waals surface area contributed by atoms with Crippen molar-refractivity contribution in [2.45, 2.75) is 25.7 Å². The van der Waals surface area contributed by atoms with Gasteiger partial charge in [-0.25, -0.2) is 0 Å². The first kappa shape index (κ1) is 11.9.